The first-order valence-electron chi connectivity index (χ1n) is 3.80. The molecule has 0 atom stereocenters. The van der Waals surface area contributed by atoms with E-state index in [0.29, 0.717) is 19.8 Å². The molecule has 80 valence electrons. The van der Waals surface area contributed by atoms with Gasteiger partial charge in [0.15, 0.2) is 0 Å². The Labute approximate surface area is 89.0 Å². The first kappa shape index (κ1) is 13.4. The van der Waals surface area contributed by atoms with E-state index in [-0.39, 0.29) is 18.2 Å². The van der Waals surface area contributed by atoms with E-state index in [1.165, 1.54) is 0 Å². The zero-order valence-electron chi connectivity index (χ0n) is 7.11. The average molecular weight is 250 g/mol. The third-order valence-electron chi connectivity index (χ3n) is 1.76. The summed E-state index contributed by atoms with van der Waals surface area (Å²) in [6.07, 6.45) is 0. The van der Waals surface area contributed by atoms with Crippen molar-refractivity contribution in [2.75, 3.05) is 38.6 Å². The Bertz CT molecular complexity index is 226. The van der Waals surface area contributed by atoms with Gasteiger partial charge in [0.1, 0.15) is 0 Å². The molecule has 0 aliphatic carbocycles. The number of hydrogen-bond acceptors (Lipinski definition) is 4. The quantitative estimate of drug-likeness (QED) is 0.676. The van der Waals surface area contributed by atoms with Crippen molar-refractivity contribution < 1.29 is 13.2 Å². The number of rotatable bonds is 3. The molecule has 0 unspecified atom stereocenters. The minimum atomic E-state index is -3.33. The van der Waals surface area contributed by atoms with Gasteiger partial charge in [-0.3, -0.25) is 4.90 Å². The molecule has 0 aromatic rings. The van der Waals surface area contributed by atoms with Crippen molar-refractivity contribution in [3.05, 3.63) is 0 Å². The second-order valence-corrected chi connectivity index (χ2v) is 5.59. The zero-order valence-corrected chi connectivity index (χ0v) is 9.50. The topological polar surface area (TPSA) is 46.6 Å². The van der Waals surface area contributed by atoms with Gasteiger partial charge in [-0.15, -0.1) is 12.4 Å². The van der Waals surface area contributed by atoms with Gasteiger partial charge >= 0.3 is 0 Å². The van der Waals surface area contributed by atoms with Gasteiger partial charge in [-0.1, -0.05) is 0 Å². The van der Waals surface area contributed by atoms with Gasteiger partial charge in [0.05, 0.1) is 19.0 Å². The summed E-state index contributed by atoms with van der Waals surface area (Å²) in [4.78, 5) is 2.03. The van der Waals surface area contributed by atoms with Crippen molar-refractivity contribution >= 4 is 32.1 Å². The van der Waals surface area contributed by atoms with E-state index in [2.05, 4.69) is 0 Å². The first-order valence-corrected chi connectivity index (χ1v) is 6.28. The molecule has 13 heavy (non-hydrogen) atoms. The van der Waals surface area contributed by atoms with Gasteiger partial charge in [0, 0.05) is 30.3 Å². The van der Waals surface area contributed by atoms with Crippen molar-refractivity contribution in [2.45, 2.75) is 0 Å². The Kier molecular flexibility index (Phi) is 6.24. The molecule has 0 spiro atoms. The molecule has 1 aliphatic rings. The van der Waals surface area contributed by atoms with Gasteiger partial charge in [-0.25, -0.2) is 8.42 Å². The monoisotopic (exact) mass is 249 g/mol. The van der Waals surface area contributed by atoms with Crippen LogP contribution in [0.1, 0.15) is 0 Å². The highest BCUT2D eigenvalue weighted by molar-refractivity contribution is 8.13. The third-order valence-corrected chi connectivity index (χ3v) is 2.89. The molecule has 4 nitrogen and oxygen atoms in total. The van der Waals surface area contributed by atoms with Crippen LogP contribution in [-0.4, -0.2) is 51.9 Å². The van der Waals surface area contributed by atoms with Crippen molar-refractivity contribution in [3.63, 3.8) is 0 Å². The summed E-state index contributed by atoms with van der Waals surface area (Å²) in [6.45, 7) is 3.47. The second-order valence-electron chi connectivity index (χ2n) is 2.70. The molecule has 0 radical (unpaired) electrons. The lowest BCUT2D eigenvalue weighted by molar-refractivity contribution is 0.0408. The van der Waals surface area contributed by atoms with E-state index >= 15 is 0 Å². The standard InChI is InChI=1S/C6H12ClNO3S.ClH/c7-12(9,10)6-3-8-1-4-11-5-2-8;/h1-6H2;1H. The predicted octanol–water partition coefficient (Wildman–Crippen LogP) is 0.309. The van der Waals surface area contributed by atoms with Crippen LogP contribution in [0.2, 0.25) is 0 Å². The molecule has 0 saturated carbocycles. The van der Waals surface area contributed by atoms with E-state index in [9.17, 15) is 8.42 Å². The summed E-state index contributed by atoms with van der Waals surface area (Å²) >= 11 is 0. The van der Waals surface area contributed by atoms with Crippen LogP contribution in [0.15, 0.2) is 0 Å². The van der Waals surface area contributed by atoms with Crippen LogP contribution in [0.5, 0.6) is 0 Å². The molecule has 1 saturated heterocycles. The Hall–Kier alpha value is 0.450. The van der Waals surface area contributed by atoms with Gasteiger partial charge < -0.3 is 4.74 Å². The highest BCUT2D eigenvalue weighted by Gasteiger charge is 2.13. The summed E-state index contributed by atoms with van der Waals surface area (Å²) in [5.74, 6) is 0.0224. The Morgan fingerprint density at radius 1 is 1.31 bits per heavy atom. The fraction of sp³-hybridized carbons (Fsp3) is 1.00. The normalized spacial score (nSPS) is 19.5. The molecular formula is C6H13Cl2NO3S. The van der Waals surface area contributed by atoms with Gasteiger partial charge in [-0.05, 0) is 0 Å². The fourth-order valence-electron chi connectivity index (χ4n) is 1.06. The predicted molar refractivity (Wildman–Crippen MR) is 54.1 cm³/mol. The molecule has 1 fully saturated rings. The van der Waals surface area contributed by atoms with Crippen molar-refractivity contribution in [1.29, 1.82) is 0 Å². The first-order chi connectivity index (χ1) is 5.58. The largest absolute Gasteiger partial charge is 0.379 e. The molecule has 0 amide bonds. The molecule has 7 heteroatoms. The van der Waals surface area contributed by atoms with Crippen LogP contribution in [0.25, 0.3) is 0 Å². The highest BCUT2D eigenvalue weighted by atomic mass is 35.7. The molecule has 1 rings (SSSR count). The summed E-state index contributed by atoms with van der Waals surface area (Å²) in [5, 5.41) is 0. The molecule has 0 bridgehead atoms. The van der Waals surface area contributed by atoms with Crippen LogP contribution in [0.3, 0.4) is 0 Å². The third kappa shape index (κ3) is 6.51. The van der Waals surface area contributed by atoms with Crippen LogP contribution in [0, 0.1) is 0 Å². The van der Waals surface area contributed by atoms with E-state index in [1.54, 1.807) is 0 Å². The molecule has 0 aromatic carbocycles. The molecular weight excluding hydrogens is 237 g/mol. The Morgan fingerprint density at radius 3 is 2.31 bits per heavy atom. The van der Waals surface area contributed by atoms with Crippen LogP contribution >= 0.6 is 23.1 Å². The maximum atomic E-state index is 10.6. The number of halogens is 2. The highest BCUT2D eigenvalue weighted by Crippen LogP contribution is 2.00. The van der Waals surface area contributed by atoms with E-state index in [1.807, 2.05) is 4.90 Å². The lowest BCUT2D eigenvalue weighted by Crippen LogP contribution is -2.38. The van der Waals surface area contributed by atoms with Crippen molar-refractivity contribution in [3.8, 4) is 0 Å². The maximum Gasteiger partial charge on any atom is 0.233 e. The number of ether oxygens (including phenoxy) is 1. The van der Waals surface area contributed by atoms with E-state index in [0.717, 1.165) is 13.1 Å². The molecule has 0 aromatic heterocycles. The SMILES string of the molecule is Cl.O=S(=O)(Cl)CCN1CCOCC1. The minimum absolute atomic E-state index is 0. The smallest absolute Gasteiger partial charge is 0.233 e. The molecule has 1 aliphatic heterocycles. The summed E-state index contributed by atoms with van der Waals surface area (Å²) < 4.78 is 26.3. The zero-order chi connectivity index (χ0) is 9.03. The van der Waals surface area contributed by atoms with Gasteiger partial charge in [-0.2, -0.15) is 0 Å². The van der Waals surface area contributed by atoms with Crippen molar-refractivity contribution in [2.24, 2.45) is 0 Å². The average Bonchev–Trinajstić information content (AvgIpc) is 2.02. The lowest BCUT2D eigenvalue weighted by atomic mass is 10.4. The molecule has 1 heterocycles. The van der Waals surface area contributed by atoms with Crippen LogP contribution in [0.4, 0.5) is 0 Å². The number of hydrogen-bond donors (Lipinski definition) is 0. The van der Waals surface area contributed by atoms with Crippen LogP contribution in [-0.2, 0) is 13.8 Å². The lowest BCUT2D eigenvalue weighted by Gasteiger charge is -2.25. The number of morpholine rings is 1. The summed E-state index contributed by atoms with van der Waals surface area (Å²) in [7, 11) is 1.73. The molecule has 0 N–H and O–H groups in total. The second kappa shape index (κ2) is 6.03. The van der Waals surface area contributed by atoms with Gasteiger partial charge in [0.25, 0.3) is 0 Å². The summed E-state index contributed by atoms with van der Waals surface area (Å²) in [6, 6.07) is 0. The summed E-state index contributed by atoms with van der Waals surface area (Å²) in [5.41, 5.74) is 0. The fourth-order valence-corrected chi connectivity index (χ4v) is 1.75. The van der Waals surface area contributed by atoms with E-state index in [4.69, 9.17) is 15.4 Å². The Morgan fingerprint density at radius 2 is 1.85 bits per heavy atom. The minimum Gasteiger partial charge on any atom is -0.379 e. The van der Waals surface area contributed by atoms with Gasteiger partial charge in [0.2, 0.25) is 9.05 Å². The Balaban J connectivity index is 0.00000144. The van der Waals surface area contributed by atoms with E-state index < -0.39 is 9.05 Å². The van der Waals surface area contributed by atoms with Crippen LogP contribution < -0.4 is 0 Å². The van der Waals surface area contributed by atoms with Crippen molar-refractivity contribution in [1.82, 2.24) is 4.90 Å². The number of nitrogens with zero attached hydrogens (tertiary/aromatic N) is 1. The maximum absolute atomic E-state index is 10.6.